The lowest BCUT2D eigenvalue weighted by molar-refractivity contribution is 1.02. The molecule has 0 aromatic carbocycles. The monoisotopic (exact) mass is 95.0 g/mol. The van der Waals surface area contributed by atoms with Crippen molar-refractivity contribution in [2.24, 2.45) is 10.1 Å². The van der Waals surface area contributed by atoms with Gasteiger partial charge in [-0.1, -0.05) is 0 Å². The van der Waals surface area contributed by atoms with Gasteiger partial charge in [0.05, 0.1) is 6.20 Å². The van der Waals surface area contributed by atoms with E-state index in [2.05, 4.69) is 21.4 Å². The summed E-state index contributed by atoms with van der Waals surface area (Å²) in [5, 5.41) is 3.57. The molecule has 0 fully saturated rings. The van der Waals surface area contributed by atoms with Gasteiger partial charge in [-0.05, 0) is 6.92 Å². The number of hydrazone groups is 1. The van der Waals surface area contributed by atoms with E-state index in [0.717, 1.165) is 5.84 Å². The highest BCUT2D eigenvalue weighted by Crippen LogP contribution is 1.75. The largest absolute Gasteiger partial charge is 0.257 e. The summed E-state index contributed by atoms with van der Waals surface area (Å²) >= 11 is 0. The molecule has 0 spiro atoms. The zero-order chi connectivity index (χ0) is 5.11. The molecule has 0 aromatic rings. The zero-order valence-electron chi connectivity index (χ0n) is 3.97. The maximum Gasteiger partial charge on any atom is 0.120 e. The lowest BCUT2D eigenvalue weighted by atomic mass is 10.7. The van der Waals surface area contributed by atoms with E-state index in [1.807, 2.05) is 6.92 Å². The van der Waals surface area contributed by atoms with E-state index >= 15 is 0 Å². The molecule has 0 aliphatic carbocycles. The summed E-state index contributed by atoms with van der Waals surface area (Å²) in [7, 11) is 0. The Morgan fingerprint density at radius 3 is 3.00 bits per heavy atom. The number of nitrogens with zero attached hydrogens (tertiary/aromatic N) is 2. The summed E-state index contributed by atoms with van der Waals surface area (Å²) in [6, 6.07) is 0. The molecule has 0 atom stereocenters. The minimum Gasteiger partial charge on any atom is -0.257 e. The van der Waals surface area contributed by atoms with Gasteiger partial charge in [0.15, 0.2) is 0 Å². The number of rotatable bonds is 0. The molecule has 0 radical (unpaired) electrons. The first-order chi connectivity index (χ1) is 3.39. The Morgan fingerprint density at radius 2 is 2.71 bits per heavy atom. The van der Waals surface area contributed by atoms with E-state index in [4.69, 9.17) is 0 Å². The number of hydrogen-bond acceptors (Lipinski definition) is 3. The smallest absolute Gasteiger partial charge is 0.120 e. The van der Waals surface area contributed by atoms with Crippen molar-refractivity contribution in [3.8, 4) is 0 Å². The molecule has 0 saturated carbocycles. The highest BCUT2D eigenvalue weighted by Gasteiger charge is 1.82. The van der Waals surface area contributed by atoms with Crippen LogP contribution in [0.5, 0.6) is 0 Å². The van der Waals surface area contributed by atoms with Crippen LogP contribution in [-0.2, 0) is 0 Å². The second-order valence-electron chi connectivity index (χ2n) is 1.20. The predicted molar refractivity (Wildman–Crippen MR) is 28.2 cm³/mol. The molecular weight excluding hydrogens is 90.1 g/mol. The Kier molecular flexibility index (Phi) is 0.922. The van der Waals surface area contributed by atoms with E-state index < -0.39 is 0 Å². The third-order valence-electron chi connectivity index (χ3n) is 0.598. The average Bonchev–Trinajstić information content (AvgIpc) is 1.69. The summed E-state index contributed by atoms with van der Waals surface area (Å²) in [6.07, 6.45) is 1.52. The van der Waals surface area contributed by atoms with Crippen LogP contribution in [0.3, 0.4) is 0 Å². The molecule has 3 nitrogen and oxygen atoms in total. The summed E-state index contributed by atoms with van der Waals surface area (Å²) < 4.78 is 0. The van der Waals surface area contributed by atoms with Crippen molar-refractivity contribution >= 4 is 11.7 Å². The Hall–Kier alpha value is -1.08. The first kappa shape index (κ1) is 4.09. The molecule has 0 amide bonds. The zero-order valence-corrected chi connectivity index (χ0v) is 3.97. The van der Waals surface area contributed by atoms with Gasteiger partial charge in [-0.25, -0.2) is 4.99 Å². The normalized spacial score (nSPS) is 15.9. The molecule has 1 N–H and O–H groups in total. The SMILES string of the molecule is CC1=NC=C=NN1. The fourth-order valence-corrected chi connectivity index (χ4v) is 0.297. The van der Waals surface area contributed by atoms with E-state index in [9.17, 15) is 0 Å². The third kappa shape index (κ3) is 0.876. The van der Waals surface area contributed by atoms with Gasteiger partial charge in [-0.15, -0.1) is 5.10 Å². The van der Waals surface area contributed by atoms with Crippen LogP contribution in [0.2, 0.25) is 0 Å². The molecule has 1 aliphatic rings. The van der Waals surface area contributed by atoms with E-state index in [1.54, 1.807) is 0 Å². The standard InChI is InChI=1S/C4H5N3/c1-4-5-2-3-6-7-4/h2H,1H3,(H,5,7). The molecule has 0 unspecified atom stereocenters. The lowest BCUT2D eigenvalue weighted by Crippen LogP contribution is -2.13. The highest BCUT2D eigenvalue weighted by molar-refractivity contribution is 5.82. The van der Waals surface area contributed by atoms with Crippen LogP contribution in [0.4, 0.5) is 0 Å². The van der Waals surface area contributed by atoms with Crippen molar-refractivity contribution in [3.63, 3.8) is 0 Å². The van der Waals surface area contributed by atoms with Gasteiger partial charge in [0, 0.05) is 5.87 Å². The summed E-state index contributed by atoms with van der Waals surface area (Å²) in [4.78, 5) is 3.81. The van der Waals surface area contributed by atoms with Gasteiger partial charge in [0.25, 0.3) is 0 Å². The van der Waals surface area contributed by atoms with Gasteiger partial charge in [-0.3, -0.25) is 5.43 Å². The van der Waals surface area contributed by atoms with Gasteiger partial charge in [-0.2, -0.15) is 0 Å². The van der Waals surface area contributed by atoms with Crippen LogP contribution in [-0.4, -0.2) is 11.7 Å². The molecule has 0 aromatic heterocycles. The van der Waals surface area contributed by atoms with Gasteiger partial charge >= 0.3 is 0 Å². The third-order valence-corrected chi connectivity index (χ3v) is 0.598. The first-order valence-corrected chi connectivity index (χ1v) is 1.97. The van der Waals surface area contributed by atoms with Crippen LogP contribution in [0.1, 0.15) is 6.92 Å². The Balaban J connectivity index is 2.77. The van der Waals surface area contributed by atoms with Crippen molar-refractivity contribution in [1.29, 1.82) is 0 Å². The van der Waals surface area contributed by atoms with E-state index in [0.29, 0.717) is 0 Å². The van der Waals surface area contributed by atoms with Gasteiger partial charge < -0.3 is 0 Å². The average molecular weight is 95.1 g/mol. The van der Waals surface area contributed by atoms with E-state index in [1.165, 1.54) is 6.20 Å². The van der Waals surface area contributed by atoms with Gasteiger partial charge in [0.2, 0.25) is 0 Å². The first-order valence-electron chi connectivity index (χ1n) is 1.97. The van der Waals surface area contributed by atoms with Crippen LogP contribution < -0.4 is 5.43 Å². The number of hydrogen-bond donors (Lipinski definition) is 1. The topological polar surface area (TPSA) is 36.8 Å². The Morgan fingerprint density at radius 1 is 1.86 bits per heavy atom. The minimum absolute atomic E-state index is 0.804. The second kappa shape index (κ2) is 1.58. The molecule has 1 heterocycles. The number of nitrogens with one attached hydrogen (secondary N) is 1. The summed E-state index contributed by atoms with van der Waals surface area (Å²) in [6.45, 7) is 1.83. The fourth-order valence-electron chi connectivity index (χ4n) is 0.297. The van der Waals surface area contributed by atoms with Crippen LogP contribution in [0.15, 0.2) is 16.3 Å². The molecule has 0 saturated heterocycles. The number of amidine groups is 1. The maximum atomic E-state index is 3.81. The van der Waals surface area contributed by atoms with Crippen LogP contribution in [0, 0.1) is 0 Å². The van der Waals surface area contributed by atoms with Crippen molar-refractivity contribution in [3.05, 3.63) is 6.20 Å². The predicted octanol–water partition coefficient (Wildman–Crippen LogP) is 0.106. The minimum atomic E-state index is 0.804. The Labute approximate surface area is 41.4 Å². The molecule has 1 rings (SSSR count). The fraction of sp³-hybridized carbons (Fsp3) is 0.250. The van der Waals surface area contributed by atoms with Crippen LogP contribution >= 0.6 is 0 Å². The van der Waals surface area contributed by atoms with E-state index in [-0.39, 0.29) is 0 Å². The van der Waals surface area contributed by atoms with Crippen molar-refractivity contribution in [2.75, 3.05) is 0 Å². The number of aliphatic imine (C=N–C) groups is 1. The van der Waals surface area contributed by atoms with Crippen molar-refractivity contribution in [1.82, 2.24) is 5.43 Å². The van der Waals surface area contributed by atoms with Gasteiger partial charge in [0.1, 0.15) is 5.84 Å². The maximum absolute atomic E-state index is 3.81. The second-order valence-corrected chi connectivity index (χ2v) is 1.20. The molecule has 1 aliphatic heterocycles. The molecule has 0 bridgehead atoms. The lowest BCUT2D eigenvalue weighted by Gasteiger charge is -1.94. The van der Waals surface area contributed by atoms with Crippen molar-refractivity contribution in [2.45, 2.75) is 6.92 Å². The summed E-state index contributed by atoms with van der Waals surface area (Å²) in [5.74, 6) is 3.32. The molecule has 7 heavy (non-hydrogen) atoms. The highest BCUT2D eigenvalue weighted by atomic mass is 15.3. The van der Waals surface area contributed by atoms with Crippen LogP contribution in [0.25, 0.3) is 0 Å². The van der Waals surface area contributed by atoms with Crippen molar-refractivity contribution < 1.29 is 0 Å². The molecule has 36 valence electrons. The quantitative estimate of drug-likeness (QED) is 0.455. The molecule has 3 heteroatoms. The summed E-state index contributed by atoms with van der Waals surface area (Å²) in [5.41, 5.74) is 2.61. The Bertz CT molecular complexity index is 150. The molecular formula is C4H5N3.